The molecule has 0 atom stereocenters. The Labute approximate surface area is 89.8 Å². The van der Waals surface area contributed by atoms with Gasteiger partial charge in [-0.15, -0.1) is 11.8 Å². The summed E-state index contributed by atoms with van der Waals surface area (Å²) in [7, 11) is 0. The van der Waals surface area contributed by atoms with Crippen LogP contribution in [0, 0.1) is 5.82 Å². The van der Waals surface area contributed by atoms with Crippen LogP contribution in [0.4, 0.5) is 10.1 Å². The molecule has 0 spiro atoms. The van der Waals surface area contributed by atoms with Gasteiger partial charge in [0.15, 0.2) is 0 Å². The zero-order chi connectivity index (χ0) is 10.1. The van der Waals surface area contributed by atoms with Gasteiger partial charge in [-0.1, -0.05) is 11.6 Å². The zero-order valence-electron chi connectivity index (χ0n) is 7.14. The predicted molar refractivity (Wildman–Crippen MR) is 55.4 cm³/mol. The number of hydrogen-bond acceptors (Lipinski definition) is 2. The van der Waals surface area contributed by atoms with Gasteiger partial charge in [0.2, 0.25) is 5.91 Å². The summed E-state index contributed by atoms with van der Waals surface area (Å²) in [6.45, 7) is 0. The fraction of sp³-hybridized carbons (Fsp3) is 0.222. The highest BCUT2D eigenvalue weighted by Gasteiger charge is 2.15. The molecule has 0 saturated heterocycles. The second kappa shape index (κ2) is 3.79. The van der Waals surface area contributed by atoms with Crippen LogP contribution in [0.2, 0.25) is 5.02 Å². The van der Waals surface area contributed by atoms with E-state index < -0.39 is 5.82 Å². The summed E-state index contributed by atoms with van der Waals surface area (Å²) >= 11 is 7.14. The molecule has 1 heterocycles. The minimum atomic E-state index is -0.506. The number of thioether (sulfide) groups is 1. The van der Waals surface area contributed by atoms with Gasteiger partial charge in [-0.2, -0.15) is 0 Å². The van der Waals surface area contributed by atoms with Crippen molar-refractivity contribution in [3.63, 3.8) is 0 Å². The molecule has 14 heavy (non-hydrogen) atoms. The summed E-state index contributed by atoms with van der Waals surface area (Å²) in [5.41, 5.74) is 0.513. The van der Waals surface area contributed by atoms with E-state index in [-0.39, 0.29) is 10.9 Å². The van der Waals surface area contributed by atoms with E-state index in [4.69, 9.17) is 11.6 Å². The van der Waals surface area contributed by atoms with Crippen molar-refractivity contribution < 1.29 is 9.18 Å². The third kappa shape index (κ3) is 1.86. The van der Waals surface area contributed by atoms with Crippen LogP contribution in [0.25, 0.3) is 0 Å². The predicted octanol–water partition coefficient (Wildman–Crippen LogP) is 2.91. The highest BCUT2D eigenvalue weighted by molar-refractivity contribution is 7.99. The highest BCUT2D eigenvalue weighted by atomic mass is 35.5. The summed E-state index contributed by atoms with van der Waals surface area (Å²) in [6, 6.07) is 2.80. The first-order valence-corrected chi connectivity index (χ1v) is 5.45. The monoisotopic (exact) mass is 231 g/mol. The molecular formula is C9H7ClFNOS. The van der Waals surface area contributed by atoms with Gasteiger partial charge in [-0.3, -0.25) is 4.79 Å². The summed E-state index contributed by atoms with van der Waals surface area (Å²) in [5, 5.41) is 2.72. The Morgan fingerprint density at radius 3 is 3.07 bits per heavy atom. The maximum atomic E-state index is 13.1. The van der Waals surface area contributed by atoms with E-state index in [1.807, 2.05) is 0 Å². The lowest BCUT2D eigenvalue weighted by Gasteiger charge is -2.06. The Morgan fingerprint density at radius 2 is 2.29 bits per heavy atom. The molecule has 0 aromatic heterocycles. The molecule has 1 N–H and O–H groups in total. The largest absolute Gasteiger partial charge is 0.325 e. The molecule has 1 aromatic carbocycles. The minimum Gasteiger partial charge on any atom is -0.325 e. The van der Waals surface area contributed by atoms with E-state index in [1.54, 1.807) is 6.07 Å². The summed E-state index contributed by atoms with van der Waals surface area (Å²) < 4.78 is 13.1. The van der Waals surface area contributed by atoms with E-state index in [0.717, 1.165) is 4.90 Å². The summed E-state index contributed by atoms with van der Waals surface area (Å²) in [5.74, 6) is 0.104. The van der Waals surface area contributed by atoms with Crippen LogP contribution < -0.4 is 5.32 Å². The first kappa shape index (κ1) is 9.80. The molecular weight excluding hydrogens is 225 g/mol. The average molecular weight is 232 g/mol. The van der Waals surface area contributed by atoms with Crippen LogP contribution in [-0.4, -0.2) is 11.7 Å². The summed E-state index contributed by atoms with van der Waals surface area (Å²) in [4.78, 5) is 12.0. The van der Waals surface area contributed by atoms with Crippen molar-refractivity contribution in [2.45, 2.75) is 11.3 Å². The number of hydrogen-bond donors (Lipinski definition) is 1. The number of nitrogens with one attached hydrogen (secondary N) is 1. The van der Waals surface area contributed by atoms with Crippen LogP contribution in [0.15, 0.2) is 17.0 Å². The van der Waals surface area contributed by atoms with Gasteiger partial charge in [-0.25, -0.2) is 4.39 Å². The molecule has 0 bridgehead atoms. The second-order valence-corrected chi connectivity index (χ2v) is 4.45. The first-order chi connectivity index (χ1) is 6.66. The molecule has 1 aliphatic heterocycles. The number of rotatable bonds is 0. The van der Waals surface area contributed by atoms with Gasteiger partial charge in [0, 0.05) is 23.1 Å². The number of amides is 1. The fourth-order valence-electron chi connectivity index (χ4n) is 1.21. The van der Waals surface area contributed by atoms with Crippen LogP contribution in [0.5, 0.6) is 0 Å². The molecule has 1 amide bonds. The third-order valence-electron chi connectivity index (χ3n) is 1.88. The van der Waals surface area contributed by atoms with Crippen LogP contribution in [-0.2, 0) is 4.79 Å². The van der Waals surface area contributed by atoms with Gasteiger partial charge in [-0.05, 0) is 6.07 Å². The molecule has 74 valence electrons. The van der Waals surface area contributed by atoms with E-state index in [1.165, 1.54) is 17.8 Å². The van der Waals surface area contributed by atoms with Gasteiger partial charge in [0.25, 0.3) is 0 Å². The Hall–Kier alpha value is -0.740. The van der Waals surface area contributed by atoms with Crippen molar-refractivity contribution in [2.75, 3.05) is 11.1 Å². The third-order valence-corrected chi connectivity index (χ3v) is 3.23. The lowest BCUT2D eigenvalue weighted by Crippen LogP contribution is -2.10. The molecule has 2 nitrogen and oxygen atoms in total. The van der Waals surface area contributed by atoms with Crippen molar-refractivity contribution in [2.24, 2.45) is 0 Å². The number of carbonyl (C=O) groups excluding carboxylic acids is 1. The zero-order valence-corrected chi connectivity index (χ0v) is 8.71. The van der Waals surface area contributed by atoms with E-state index in [2.05, 4.69) is 5.32 Å². The minimum absolute atomic E-state index is 0.0852. The number of benzene rings is 1. The molecule has 0 unspecified atom stereocenters. The van der Waals surface area contributed by atoms with Crippen LogP contribution >= 0.6 is 23.4 Å². The molecule has 0 fully saturated rings. The standard InChI is InChI=1S/C9H7ClFNOS/c10-5-3-8-7(4-6(5)11)12-9(13)1-2-14-8/h3-4H,1-2H2,(H,12,13). The lowest BCUT2D eigenvalue weighted by atomic mass is 10.3. The quantitative estimate of drug-likeness (QED) is 0.744. The fourth-order valence-corrected chi connectivity index (χ4v) is 2.41. The molecule has 1 aliphatic rings. The SMILES string of the molecule is O=C1CCSc2cc(Cl)c(F)cc2N1. The van der Waals surface area contributed by atoms with Crippen molar-refractivity contribution >= 4 is 35.0 Å². The normalized spacial score (nSPS) is 15.7. The molecule has 0 radical (unpaired) electrons. The second-order valence-electron chi connectivity index (χ2n) is 2.91. The van der Waals surface area contributed by atoms with Crippen molar-refractivity contribution in [1.29, 1.82) is 0 Å². The number of fused-ring (bicyclic) bond motifs is 1. The van der Waals surface area contributed by atoms with Crippen LogP contribution in [0.1, 0.15) is 6.42 Å². The average Bonchev–Trinajstić information content (AvgIpc) is 2.28. The van der Waals surface area contributed by atoms with E-state index in [9.17, 15) is 9.18 Å². The Morgan fingerprint density at radius 1 is 1.50 bits per heavy atom. The Kier molecular flexibility index (Phi) is 2.65. The first-order valence-electron chi connectivity index (χ1n) is 4.08. The van der Waals surface area contributed by atoms with Crippen molar-refractivity contribution in [1.82, 2.24) is 0 Å². The number of carbonyl (C=O) groups is 1. The number of halogens is 2. The van der Waals surface area contributed by atoms with Gasteiger partial charge in [0.1, 0.15) is 5.82 Å². The number of anilines is 1. The molecule has 2 rings (SSSR count). The lowest BCUT2D eigenvalue weighted by molar-refractivity contribution is -0.115. The van der Waals surface area contributed by atoms with Crippen molar-refractivity contribution in [3.8, 4) is 0 Å². The van der Waals surface area contributed by atoms with E-state index in [0.29, 0.717) is 17.9 Å². The molecule has 5 heteroatoms. The summed E-state index contributed by atoms with van der Waals surface area (Å²) in [6.07, 6.45) is 0.443. The Balaban J connectivity index is 2.46. The maximum Gasteiger partial charge on any atom is 0.225 e. The highest BCUT2D eigenvalue weighted by Crippen LogP contribution is 2.34. The molecule has 1 aromatic rings. The smallest absolute Gasteiger partial charge is 0.225 e. The van der Waals surface area contributed by atoms with Gasteiger partial charge < -0.3 is 5.32 Å². The van der Waals surface area contributed by atoms with Gasteiger partial charge in [0.05, 0.1) is 10.7 Å². The Bertz CT molecular complexity index is 397. The van der Waals surface area contributed by atoms with Crippen molar-refractivity contribution in [3.05, 3.63) is 23.0 Å². The van der Waals surface area contributed by atoms with Crippen LogP contribution in [0.3, 0.4) is 0 Å². The van der Waals surface area contributed by atoms with Gasteiger partial charge >= 0.3 is 0 Å². The maximum absolute atomic E-state index is 13.1. The topological polar surface area (TPSA) is 29.1 Å². The molecule has 0 aliphatic carbocycles. The van der Waals surface area contributed by atoms with E-state index >= 15 is 0 Å². The molecule has 0 saturated carbocycles.